The zero-order valence-corrected chi connectivity index (χ0v) is 18.3. The summed E-state index contributed by atoms with van der Waals surface area (Å²) >= 11 is 0. The topological polar surface area (TPSA) is 25.8 Å². The highest BCUT2D eigenvalue weighted by Gasteiger charge is 2.20. The maximum atomic E-state index is 14.7. The minimum Gasteiger partial charge on any atom is -0.206 e. The van der Waals surface area contributed by atoms with E-state index in [0.717, 1.165) is 42.4 Å². The van der Waals surface area contributed by atoms with Crippen LogP contribution in [0, 0.1) is 17.7 Å². The Hall–Kier alpha value is -1.77. The Morgan fingerprint density at radius 3 is 2.21 bits per heavy atom. The van der Waals surface area contributed by atoms with Crippen molar-refractivity contribution in [1.29, 1.82) is 0 Å². The van der Waals surface area contributed by atoms with Gasteiger partial charge in [0, 0.05) is 5.56 Å². The molecule has 2 nitrogen and oxygen atoms in total. The Kier molecular flexibility index (Phi) is 8.64. The average molecular weight is 397 g/mol. The summed E-state index contributed by atoms with van der Waals surface area (Å²) in [4.78, 5) is 0. The molecule has 0 spiro atoms. The molecule has 0 N–H and O–H groups in total. The lowest BCUT2D eigenvalue weighted by molar-refractivity contribution is 0.249. The Balaban J connectivity index is 1.48. The van der Waals surface area contributed by atoms with Crippen LogP contribution in [0.3, 0.4) is 0 Å². The van der Waals surface area contributed by atoms with E-state index in [2.05, 4.69) is 30.1 Å². The summed E-state index contributed by atoms with van der Waals surface area (Å²) in [6.07, 6.45) is 15.2. The van der Waals surface area contributed by atoms with Gasteiger partial charge in [0.2, 0.25) is 0 Å². The fourth-order valence-corrected chi connectivity index (χ4v) is 4.68. The molecule has 1 aromatic heterocycles. The molecule has 1 fully saturated rings. The fourth-order valence-electron chi connectivity index (χ4n) is 4.68. The smallest absolute Gasteiger partial charge is 0.132 e. The Bertz CT molecular complexity index is 733. The third-order valence-electron chi connectivity index (χ3n) is 6.56. The first-order chi connectivity index (χ1) is 14.2. The molecule has 3 rings (SSSR count). The average Bonchev–Trinajstić information content (AvgIpc) is 2.74. The van der Waals surface area contributed by atoms with Gasteiger partial charge < -0.3 is 0 Å². The van der Waals surface area contributed by atoms with E-state index >= 15 is 0 Å². The van der Waals surface area contributed by atoms with Crippen LogP contribution in [0.25, 0.3) is 11.3 Å². The summed E-state index contributed by atoms with van der Waals surface area (Å²) in [6.45, 7) is 4.40. The van der Waals surface area contributed by atoms with Gasteiger partial charge in [0.05, 0.1) is 11.4 Å². The predicted octanol–water partition coefficient (Wildman–Crippen LogP) is 7.55. The first-order valence-electron chi connectivity index (χ1n) is 11.8. The van der Waals surface area contributed by atoms with Gasteiger partial charge in [-0.1, -0.05) is 77.7 Å². The maximum absolute atomic E-state index is 14.7. The molecule has 0 unspecified atom stereocenters. The Labute approximate surface area is 176 Å². The van der Waals surface area contributed by atoms with Crippen LogP contribution in [-0.4, -0.2) is 10.2 Å². The molecule has 0 saturated heterocycles. The van der Waals surface area contributed by atoms with E-state index in [1.165, 1.54) is 57.8 Å². The van der Waals surface area contributed by atoms with Crippen molar-refractivity contribution in [1.82, 2.24) is 10.2 Å². The molecule has 2 aromatic rings. The van der Waals surface area contributed by atoms with Crippen molar-refractivity contribution in [2.24, 2.45) is 11.8 Å². The summed E-state index contributed by atoms with van der Waals surface area (Å²) in [6, 6.07) is 9.48. The summed E-state index contributed by atoms with van der Waals surface area (Å²) in [7, 11) is 0. The number of hydrogen-bond acceptors (Lipinski definition) is 2. The van der Waals surface area contributed by atoms with E-state index in [-0.39, 0.29) is 5.82 Å². The summed E-state index contributed by atoms with van der Waals surface area (Å²) in [5, 5.41) is 8.44. The SMILES string of the molecule is CCCCC[C@H]1CC[C@H](CCc2ccc(-c3ccc(CCC)nn3)c(F)c2)CC1. The van der Waals surface area contributed by atoms with Crippen molar-refractivity contribution in [2.75, 3.05) is 0 Å². The minimum atomic E-state index is -0.181. The highest BCUT2D eigenvalue weighted by atomic mass is 19.1. The fraction of sp³-hybridized carbons (Fsp3) is 0.615. The van der Waals surface area contributed by atoms with E-state index < -0.39 is 0 Å². The monoisotopic (exact) mass is 396 g/mol. The normalized spacial score (nSPS) is 19.4. The largest absolute Gasteiger partial charge is 0.206 e. The van der Waals surface area contributed by atoms with Crippen LogP contribution >= 0.6 is 0 Å². The van der Waals surface area contributed by atoms with E-state index in [9.17, 15) is 4.39 Å². The lowest BCUT2D eigenvalue weighted by Gasteiger charge is -2.28. The predicted molar refractivity (Wildman–Crippen MR) is 119 cm³/mol. The zero-order chi connectivity index (χ0) is 20.5. The molecular formula is C26H37FN2. The zero-order valence-electron chi connectivity index (χ0n) is 18.3. The molecule has 0 bridgehead atoms. The van der Waals surface area contributed by atoms with E-state index in [1.54, 1.807) is 6.07 Å². The van der Waals surface area contributed by atoms with Crippen molar-refractivity contribution >= 4 is 0 Å². The highest BCUT2D eigenvalue weighted by molar-refractivity contribution is 5.59. The first-order valence-corrected chi connectivity index (χ1v) is 11.8. The van der Waals surface area contributed by atoms with Crippen LogP contribution < -0.4 is 0 Å². The van der Waals surface area contributed by atoms with Gasteiger partial charge in [0.15, 0.2) is 0 Å². The summed E-state index contributed by atoms with van der Waals surface area (Å²) in [5.41, 5.74) is 3.24. The van der Waals surface area contributed by atoms with Crippen LogP contribution in [0.1, 0.15) is 89.3 Å². The van der Waals surface area contributed by atoms with Gasteiger partial charge >= 0.3 is 0 Å². The molecule has 0 amide bonds. The second-order valence-corrected chi connectivity index (χ2v) is 8.90. The van der Waals surface area contributed by atoms with Crippen molar-refractivity contribution < 1.29 is 4.39 Å². The number of unbranched alkanes of at least 4 members (excludes halogenated alkanes) is 2. The molecule has 1 heterocycles. The molecular weight excluding hydrogens is 359 g/mol. The van der Waals surface area contributed by atoms with Crippen LogP contribution in [0.15, 0.2) is 30.3 Å². The van der Waals surface area contributed by atoms with Gasteiger partial charge in [-0.25, -0.2) is 4.39 Å². The quantitative estimate of drug-likeness (QED) is 0.387. The van der Waals surface area contributed by atoms with Crippen molar-refractivity contribution in [3.05, 3.63) is 47.4 Å². The third-order valence-corrected chi connectivity index (χ3v) is 6.56. The maximum Gasteiger partial charge on any atom is 0.132 e. The van der Waals surface area contributed by atoms with Gasteiger partial charge in [0.25, 0.3) is 0 Å². The number of halogens is 1. The molecule has 1 aromatic carbocycles. The Morgan fingerprint density at radius 1 is 0.828 bits per heavy atom. The summed E-state index contributed by atoms with van der Waals surface area (Å²) in [5.74, 6) is 1.59. The van der Waals surface area contributed by atoms with Crippen molar-refractivity contribution in [2.45, 2.75) is 90.9 Å². The number of benzene rings is 1. The molecule has 29 heavy (non-hydrogen) atoms. The molecule has 3 heteroatoms. The van der Waals surface area contributed by atoms with E-state index in [0.29, 0.717) is 11.3 Å². The molecule has 1 aliphatic carbocycles. The number of rotatable bonds is 10. The Morgan fingerprint density at radius 2 is 1.59 bits per heavy atom. The van der Waals surface area contributed by atoms with Gasteiger partial charge in [-0.3, -0.25) is 0 Å². The van der Waals surface area contributed by atoms with Crippen molar-refractivity contribution in [3.63, 3.8) is 0 Å². The molecule has 0 atom stereocenters. The van der Waals surface area contributed by atoms with Gasteiger partial charge in [-0.05, 0) is 60.9 Å². The second kappa shape index (κ2) is 11.4. The van der Waals surface area contributed by atoms with E-state index in [4.69, 9.17) is 0 Å². The molecule has 0 aliphatic heterocycles. The van der Waals surface area contributed by atoms with Crippen LogP contribution in [0.4, 0.5) is 4.39 Å². The molecule has 1 aliphatic rings. The number of nitrogens with zero attached hydrogens (tertiary/aromatic N) is 2. The minimum absolute atomic E-state index is 0.181. The van der Waals surface area contributed by atoms with Crippen LogP contribution in [-0.2, 0) is 12.8 Å². The standard InChI is InChI=1S/C26H37FN2/c1-3-5-6-8-20-9-11-21(12-10-20)13-14-22-15-17-24(25(27)19-22)26-18-16-23(7-4-2)28-29-26/h15-21H,3-14H2,1-2H3/t20-,21-. The van der Waals surface area contributed by atoms with Gasteiger partial charge in [-0.2, -0.15) is 10.2 Å². The van der Waals surface area contributed by atoms with Crippen LogP contribution in [0.5, 0.6) is 0 Å². The molecule has 1 saturated carbocycles. The number of aromatic nitrogens is 2. The number of aryl methyl sites for hydroxylation is 2. The first kappa shape index (κ1) is 21.9. The summed E-state index contributed by atoms with van der Waals surface area (Å²) < 4.78 is 14.7. The third kappa shape index (κ3) is 6.62. The molecule has 0 radical (unpaired) electrons. The number of hydrogen-bond donors (Lipinski definition) is 0. The van der Waals surface area contributed by atoms with Crippen molar-refractivity contribution in [3.8, 4) is 11.3 Å². The van der Waals surface area contributed by atoms with Gasteiger partial charge in [0.1, 0.15) is 5.82 Å². The van der Waals surface area contributed by atoms with Crippen LogP contribution in [0.2, 0.25) is 0 Å². The lowest BCUT2D eigenvalue weighted by Crippen LogP contribution is -2.15. The highest BCUT2D eigenvalue weighted by Crippen LogP contribution is 2.34. The van der Waals surface area contributed by atoms with E-state index in [1.807, 2.05) is 18.2 Å². The second-order valence-electron chi connectivity index (χ2n) is 8.90. The lowest BCUT2D eigenvalue weighted by atomic mass is 9.78. The molecule has 158 valence electrons. The van der Waals surface area contributed by atoms with Gasteiger partial charge in [-0.15, -0.1) is 0 Å².